The summed E-state index contributed by atoms with van der Waals surface area (Å²) in [5, 5.41) is 3.53. The number of hydrogen-bond donors (Lipinski definition) is 1. The molecule has 3 heterocycles. The number of aromatic nitrogens is 2. The molecular weight excluding hydrogens is 406 g/mol. The van der Waals surface area contributed by atoms with Gasteiger partial charge >= 0.3 is 0 Å². The van der Waals surface area contributed by atoms with E-state index >= 15 is 0 Å². The van der Waals surface area contributed by atoms with Crippen molar-refractivity contribution in [3.05, 3.63) is 30.5 Å². The van der Waals surface area contributed by atoms with Gasteiger partial charge in [0.25, 0.3) is 0 Å². The Kier molecular flexibility index (Phi) is 6.74. The van der Waals surface area contributed by atoms with Gasteiger partial charge in [-0.3, -0.25) is 0 Å². The predicted molar refractivity (Wildman–Crippen MR) is 122 cm³/mol. The highest BCUT2D eigenvalue weighted by molar-refractivity contribution is 5.69. The van der Waals surface area contributed by atoms with Crippen molar-refractivity contribution in [1.29, 1.82) is 0 Å². The minimum absolute atomic E-state index is 0.0250. The van der Waals surface area contributed by atoms with Crippen LogP contribution < -0.4 is 14.8 Å². The first-order valence-electron chi connectivity index (χ1n) is 12.0. The largest absolute Gasteiger partial charge is 0.488 e. The van der Waals surface area contributed by atoms with Crippen LogP contribution in [0.3, 0.4) is 0 Å². The van der Waals surface area contributed by atoms with Crippen LogP contribution in [0.1, 0.15) is 45.4 Å². The summed E-state index contributed by atoms with van der Waals surface area (Å²) in [5.74, 6) is 2.91. The lowest BCUT2D eigenvalue weighted by molar-refractivity contribution is 0.138. The molecule has 2 aliphatic heterocycles. The van der Waals surface area contributed by atoms with Crippen molar-refractivity contribution in [1.82, 2.24) is 9.97 Å². The van der Waals surface area contributed by atoms with Crippen molar-refractivity contribution in [2.75, 3.05) is 31.7 Å². The molecule has 0 spiro atoms. The number of nitrogens with zero attached hydrogens (tertiary/aromatic N) is 2. The maximum Gasteiger partial charge on any atom is 0.226 e. The third kappa shape index (κ3) is 5.33. The van der Waals surface area contributed by atoms with Crippen molar-refractivity contribution >= 4 is 5.95 Å². The summed E-state index contributed by atoms with van der Waals surface area (Å²) in [4.78, 5) is 9.41. The molecule has 32 heavy (non-hydrogen) atoms. The lowest BCUT2D eigenvalue weighted by Crippen LogP contribution is -2.26. The second-order valence-electron chi connectivity index (χ2n) is 9.24. The Morgan fingerprint density at radius 3 is 2.22 bits per heavy atom. The topological polar surface area (TPSA) is 74.7 Å². The highest BCUT2D eigenvalue weighted by atomic mass is 16.6. The SMILES string of the molecule is CC1CCC(Nc2ncc(-c3ccc(OC4CCOC4)cc3)c(OC3CCOC3)n2)CC1. The summed E-state index contributed by atoms with van der Waals surface area (Å²) in [7, 11) is 0. The lowest BCUT2D eigenvalue weighted by atomic mass is 9.87. The van der Waals surface area contributed by atoms with E-state index in [1.807, 2.05) is 30.5 Å². The molecule has 2 saturated heterocycles. The van der Waals surface area contributed by atoms with Gasteiger partial charge in [-0.1, -0.05) is 19.1 Å². The second kappa shape index (κ2) is 10.0. The third-order valence-corrected chi connectivity index (χ3v) is 6.63. The minimum Gasteiger partial charge on any atom is -0.488 e. The first-order valence-corrected chi connectivity index (χ1v) is 12.0. The molecule has 0 bridgehead atoms. The molecule has 2 unspecified atom stereocenters. The zero-order valence-electron chi connectivity index (χ0n) is 18.8. The number of benzene rings is 1. The molecule has 2 aromatic rings. The highest BCUT2D eigenvalue weighted by Crippen LogP contribution is 2.33. The summed E-state index contributed by atoms with van der Waals surface area (Å²) in [6.07, 6.45) is 8.66. The molecule has 1 aliphatic carbocycles. The van der Waals surface area contributed by atoms with E-state index in [9.17, 15) is 0 Å². The summed E-state index contributed by atoms with van der Waals surface area (Å²) in [6.45, 7) is 5.09. The molecule has 1 aromatic carbocycles. The summed E-state index contributed by atoms with van der Waals surface area (Å²) in [5.41, 5.74) is 1.89. The van der Waals surface area contributed by atoms with Crippen LogP contribution >= 0.6 is 0 Å². The molecule has 3 fully saturated rings. The average molecular weight is 440 g/mol. The van der Waals surface area contributed by atoms with Gasteiger partial charge in [-0.05, 0) is 49.3 Å². The predicted octanol–water partition coefficient (Wildman–Crippen LogP) is 4.47. The van der Waals surface area contributed by atoms with E-state index in [-0.39, 0.29) is 12.2 Å². The third-order valence-electron chi connectivity index (χ3n) is 6.63. The van der Waals surface area contributed by atoms with Crippen molar-refractivity contribution < 1.29 is 18.9 Å². The monoisotopic (exact) mass is 439 g/mol. The molecule has 1 saturated carbocycles. The van der Waals surface area contributed by atoms with Gasteiger partial charge in [-0.25, -0.2) is 4.98 Å². The van der Waals surface area contributed by atoms with E-state index in [0.717, 1.165) is 61.7 Å². The van der Waals surface area contributed by atoms with Gasteiger partial charge in [0.2, 0.25) is 11.8 Å². The highest BCUT2D eigenvalue weighted by Gasteiger charge is 2.23. The molecule has 0 radical (unpaired) electrons. The standard InChI is InChI=1S/C25H33N3O4/c1-17-2-6-19(7-3-17)27-25-26-14-23(24(28-25)32-22-11-13-30-16-22)18-4-8-20(9-5-18)31-21-10-12-29-15-21/h4-5,8-9,14,17,19,21-22H,2-3,6-7,10-13,15-16H2,1H3,(H,26,27,28). The van der Waals surface area contributed by atoms with Crippen LogP contribution in [-0.2, 0) is 9.47 Å². The Morgan fingerprint density at radius 2 is 1.56 bits per heavy atom. The van der Waals surface area contributed by atoms with Crippen LogP contribution in [0.5, 0.6) is 11.6 Å². The molecule has 1 N–H and O–H groups in total. The molecular formula is C25H33N3O4. The van der Waals surface area contributed by atoms with E-state index in [1.165, 1.54) is 12.8 Å². The van der Waals surface area contributed by atoms with Crippen molar-refractivity contribution in [3.8, 4) is 22.8 Å². The van der Waals surface area contributed by atoms with Gasteiger partial charge in [-0.15, -0.1) is 0 Å². The first-order chi connectivity index (χ1) is 15.7. The fourth-order valence-corrected chi connectivity index (χ4v) is 4.59. The molecule has 7 nitrogen and oxygen atoms in total. The summed E-state index contributed by atoms with van der Waals surface area (Å²) < 4.78 is 23.2. The van der Waals surface area contributed by atoms with Gasteiger partial charge in [0.1, 0.15) is 18.0 Å². The molecule has 3 aliphatic rings. The second-order valence-corrected chi connectivity index (χ2v) is 9.24. The quantitative estimate of drug-likeness (QED) is 0.682. The normalized spacial score (nSPS) is 27.9. The zero-order chi connectivity index (χ0) is 21.8. The minimum atomic E-state index is 0.0250. The van der Waals surface area contributed by atoms with Crippen LogP contribution in [0.4, 0.5) is 5.95 Å². The van der Waals surface area contributed by atoms with Gasteiger partial charge < -0.3 is 24.3 Å². The van der Waals surface area contributed by atoms with E-state index < -0.39 is 0 Å². The number of hydrogen-bond acceptors (Lipinski definition) is 7. The molecule has 7 heteroatoms. The van der Waals surface area contributed by atoms with Gasteiger partial charge in [-0.2, -0.15) is 4.98 Å². The fraction of sp³-hybridized carbons (Fsp3) is 0.600. The fourth-order valence-electron chi connectivity index (χ4n) is 4.59. The van der Waals surface area contributed by atoms with Gasteiger partial charge in [0, 0.05) is 25.1 Å². The van der Waals surface area contributed by atoms with Crippen molar-refractivity contribution in [3.63, 3.8) is 0 Å². The summed E-state index contributed by atoms with van der Waals surface area (Å²) in [6, 6.07) is 8.49. The Balaban J connectivity index is 1.33. The maximum absolute atomic E-state index is 6.28. The average Bonchev–Trinajstić information content (AvgIpc) is 3.51. The van der Waals surface area contributed by atoms with E-state index in [4.69, 9.17) is 23.9 Å². The van der Waals surface area contributed by atoms with Crippen LogP contribution in [0, 0.1) is 5.92 Å². The van der Waals surface area contributed by atoms with Gasteiger partial charge in [0.15, 0.2) is 0 Å². The van der Waals surface area contributed by atoms with Crippen LogP contribution in [0.2, 0.25) is 0 Å². The van der Waals surface area contributed by atoms with Crippen molar-refractivity contribution in [2.24, 2.45) is 5.92 Å². The van der Waals surface area contributed by atoms with E-state index in [0.29, 0.717) is 31.1 Å². The summed E-state index contributed by atoms with van der Waals surface area (Å²) >= 11 is 0. The molecule has 2 atom stereocenters. The van der Waals surface area contributed by atoms with E-state index in [2.05, 4.69) is 17.2 Å². The van der Waals surface area contributed by atoms with Crippen LogP contribution in [0.25, 0.3) is 11.1 Å². The van der Waals surface area contributed by atoms with Crippen LogP contribution in [0.15, 0.2) is 30.5 Å². The van der Waals surface area contributed by atoms with E-state index in [1.54, 1.807) is 0 Å². The Labute approximate surface area is 189 Å². The van der Waals surface area contributed by atoms with Crippen LogP contribution in [-0.4, -0.2) is 54.6 Å². The first kappa shape index (κ1) is 21.5. The lowest BCUT2D eigenvalue weighted by Gasteiger charge is -2.27. The van der Waals surface area contributed by atoms with Gasteiger partial charge in [0.05, 0.1) is 32.0 Å². The molecule has 5 rings (SSSR count). The van der Waals surface area contributed by atoms with Crippen molar-refractivity contribution in [2.45, 2.75) is 63.7 Å². The smallest absolute Gasteiger partial charge is 0.226 e. The molecule has 1 aromatic heterocycles. The Morgan fingerprint density at radius 1 is 0.875 bits per heavy atom. The Hall–Kier alpha value is -2.38. The maximum atomic E-state index is 6.28. The molecule has 0 amide bonds. The zero-order valence-corrected chi connectivity index (χ0v) is 18.8. The number of rotatable bonds is 7. The molecule has 172 valence electrons. The number of anilines is 1. The number of ether oxygens (including phenoxy) is 4. The number of nitrogens with one attached hydrogen (secondary N) is 1. The Bertz CT molecular complexity index is 871.